The molecule has 98 valence electrons. The molecule has 6 heteroatoms. The molecule has 0 aromatic heterocycles. The van der Waals surface area contributed by atoms with Crippen molar-refractivity contribution >= 4 is 0 Å². The average Bonchev–Trinajstić information content (AvgIpc) is 2.21. The van der Waals surface area contributed by atoms with Crippen LogP contribution in [0.25, 0.3) is 0 Å². The van der Waals surface area contributed by atoms with Crippen molar-refractivity contribution in [1.29, 1.82) is 0 Å². The lowest BCUT2D eigenvalue weighted by Gasteiger charge is -2.24. The second-order valence-electron chi connectivity index (χ2n) is 3.86. The van der Waals surface area contributed by atoms with E-state index in [1.807, 2.05) is 6.92 Å². The highest BCUT2D eigenvalue weighted by Crippen LogP contribution is 2.19. The first-order valence-electron chi connectivity index (χ1n) is 5.40. The molecule has 16 heavy (non-hydrogen) atoms. The van der Waals surface area contributed by atoms with E-state index in [0.717, 1.165) is 0 Å². The highest BCUT2D eigenvalue weighted by molar-refractivity contribution is 4.77. The van der Waals surface area contributed by atoms with Crippen molar-refractivity contribution in [2.24, 2.45) is 5.73 Å². The Bertz CT molecular complexity index is 181. The van der Waals surface area contributed by atoms with E-state index >= 15 is 0 Å². The number of nitrogens with two attached hydrogens (primary N) is 1. The van der Waals surface area contributed by atoms with Crippen molar-refractivity contribution < 1.29 is 23.0 Å². The van der Waals surface area contributed by atoms with Gasteiger partial charge in [0.15, 0.2) is 0 Å². The number of aliphatic hydroxyl groups is 1. The van der Waals surface area contributed by atoms with E-state index in [0.29, 0.717) is 19.3 Å². The molecule has 0 spiro atoms. The summed E-state index contributed by atoms with van der Waals surface area (Å²) in [7, 11) is 0. The fourth-order valence-electron chi connectivity index (χ4n) is 1.22. The molecule has 3 nitrogen and oxygen atoms in total. The van der Waals surface area contributed by atoms with Gasteiger partial charge in [0.05, 0.1) is 18.6 Å². The third-order valence-corrected chi connectivity index (χ3v) is 2.50. The highest BCUT2D eigenvalue weighted by atomic mass is 19.4. The molecule has 0 saturated carbocycles. The van der Waals surface area contributed by atoms with Crippen LogP contribution in [0, 0.1) is 0 Å². The molecule has 0 aliphatic rings. The van der Waals surface area contributed by atoms with E-state index < -0.39 is 18.2 Å². The summed E-state index contributed by atoms with van der Waals surface area (Å²) in [5, 5.41) is 9.75. The molecule has 0 amide bonds. The molecule has 0 aromatic carbocycles. The Hall–Kier alpha value is -0.330. The molecule has 0 radical (unpaired) electrons. The van der Waals surface area contributed by atoms with Crippen LogP contribution in [-0.4, -0.2) is 36.6 Å². The molecule has 0 aliphatic heterocycles. The minimum atomic E-state index is -4.17. The van der Waals surface area contributed by atoms with Crippen molar-refractivity contribution in [2.45, 2.75) is 44.4 Å². The lowest BCUT2D eigenvalue weighted by atomic mass is 9.95. The molecule has 0 aromatic rings. The van der Waals surface area contributed by atoms with E-state index in [1.165, 1.54) is 0 Å². The lowest BCUT2D eigenvalue weighted by molar-refractivity contribution is -0.145. The third kappa shape index (κ3) is 7.90. The van der Waals surface area contributed by atoms with Gasteiger partial charge in [0.2, 0.25) is 0 Å². The van der Waals surface area contributed by atoms with Crippen LogP contribution in [0.15, 0.2) is 0 Å². The maximum Gasteiger partial charge on any atom is 0.391 e. The van der Waals surface area contributed by atoms with Gasteiger partial charge >= 0.3 is 6.18 Å². The summed E-state index contributed by atoms with van der Waals surface area (Å²) < 4.78 is 40.0. The molecule has 0 heterocycles. The monoisotopic (exact) mass is 243 g/mol. The van der Waals surface area contributed by atoms with Crippen LogP contribution in [0.3, 0.4) is 0 Å². The second-order valence-corrected chi connectivity index (χ2v) is 3.86. The van der Waals surface area contributed by atoms with E-state index in [2.05, 4.69) is 0 Å². The van der Waals surface area contributed by atoms with E-state index in [-0.39, 0.29) is 19.8 Å². The van der Waals surface area contributed by atoms with Crippen LogP contribution in [0.2, 0.25) is 0 Å². The van der Waals surface area contributed by atoms with Crippen LogP contribution in [-0.2, 0) is 4.74 Å². The zero-order valence-electron chi connectivity index (χ0n) is 9.52. The van der Waals surface area contributed by atoms with Gasteiger partial charge < -0.3 is 15.6 Å². The average molecular weight is 243 g/mol. The second kappa shape index (κ2) is 7.09. The zero-order valence-corrected chi connectivity index (χ0v) is 9.52. The molecular weight excluding hydrogens is 223 g/mol. The number of rotatable bonds is 8. The summed E-state index contributed by atoms with van der Waals surface area (Å²) in [4.78, 5) is 0. The van der Waals surface area contributed by atoms with Crippen molar-refractivity contribution in [3.8, 4) is 0 Å². The topological polar surface area (TPSA) is 55.5 Å². The molecule has 1 atom stereocenters. The number of alkyl halides is 3. The Morgan fingerprint density at radius 1 is 1.19 bits per heavy atom. The molecule has 0 bridgehead atoms. The summed E-state index contributed by atoms with van der Waals surface area (Å²) >= 11 is 0. The molecule has 0 fully saturated rings. The van der Waals surface area contributed by atoms with Crippen LogP contribution in [0.5, 0.6) is 0 Å². The predicted molar refractivity (Wildman–Crippen MR) is 55.0 cm³/mol. The zero-order chi connectivity index (χ0) is 12.7. The minimum Gasteiger partial charge on any atom is -0.389 e. The van der Waals surface area contributed by atoms with Crippen molar-refractivity contribution in [1.82, 2.24) is 0 Å². The summed E-state index contributed by atoms with van der Waals surface area (Å²) in [6.07, 6.45) is -3.60. The van der Waals surface area contributed by atoms with Crippen molar-refractivity contribution in [3.63, 3.8) is 0 Å². The van der Waals surface area contributed by atoms with Crippen molar-refractivity contribution in [3.05, 3.63) is 0 Å². The van der Waals surface area contributed by atoms with Gasteiger partial charge in [0, 0.05) is 13.2 Å². The molecule has 0 rings (SSSR count). The first kappa shape index (κ1) is 15.7. The molecule has 0 saturated heterocycles. The molecule has 3 N–H and O–H groups in total. The molecular formula is C10H20F3NO2. The van der Waals surface area contributed by atoms with E-state index in [4.69, 9.17) is 10.5 Å². The summed E-state index contributed by atoms with van der Waals surface area (Å²) in [5.41, 5.74) is 4.47. The van der Waals surface area contributed by atoms with E-state index in [9.17, 15) is 18.3 Å². The largest absolute Gasteiger partial charge is 0.391 e. The third-order valence-electron chi connectivity index (χ3n) is 2.50. The molecule has 1 unspecified atom stereocenters. The maximum absolute atomic E-state index is 11.7. The normalized spacial score (nSPS) is 16.1. The standard InChI is InChI=1S/C10H20F3NO2/c1-2-9(15,8-14)4-3-6-16-7-5-10(11,12)13/h15H,2-8,14H2,1H3. The van der Waals surface area contributed by atoms with Crippen LogP contribution in [0.1, 0.15) is 32.6 Å². The van der Waals surface area contributed by atoms with Gasteiger partial charge in [0.1, 0.15) is 0 Å². The van der Waals surface area contributed by atoms with Crippen LogP contribution in [0.4, 0.5) is 13.2 Å². The number of hydrogen-bond acceptors (Lipinski definition) is 3. The summed E-state index contributed by atoms with van der Waals surface area (Å²) in [5.74, 6) is 0. The number of halogens is 3. The summed E-state index contributed by atoms with van der Waals surface area (Å²) in [6, 6.07) is 0. The Morgan fingerprint density at radius 3 is 2.25 bits per heavy atom. The van der Waals surface area contributed by atoms with Crippen LogP contribution >= 0.6 is 0 Å². The van der Waals surface area contributed by atoms with E-state index in [1.54, 1.807) is 0 Å². The lowest BCUT2D eigenvalue weighted by Crippen LogP contribution is -2.37. The van der Waals surface area contributed by atoms with Gasteiger partial charge in [-0.1, -0.05) is 6.92 Å². The maximum atomic E-state index is 11.7. The van der Waals surface area contributed by atoms with Gasteiger partial charge in [-0.05, 0) is 19.3 Å². The van der Waals surface area contributed by atoms with Gasteiger partial charge in [0.25, 0.3) is 0 Å². The van der Waals surface area contributed by atoms with Crippen molar-refractivity contribution in [2.75, 3.05) is 19.8 Å². The highest BCUT2D eigenvalue weighted by Gasteiger charge is 2.26. The predicted octanol–water partition coefficient (Wildman–Crippen LogP) is 1.84. The molecule has 0 aliphatic carbocycles. The smallest absolute Gasteiger partial charge is 0.389 e. The summed E-state index contributed by atoms with van der Waals surface area (Å²) in [6.45, 7) is 1.87. The first-order chi connectivity index (χ1) is 7.33. The van der Waals surface area contributed by atoms with Gasteiger partial charge in [-0.2, -0.15) is 13.2 Å². The van der Waals surface area contributed by atoms with Gasteiger partial charge in [-0.25, -0.2) is 0 Å². The fraction of sp³-hybridized carbons (Fsp3) is 1.00. The SMILES string of the molecule is CCC(O)(CN)CCCOCCC(F)(F)F. The first-order valence-corrected chi connectivity index (χ1v) is 5.40. The minimum absolute atomic E-state index is 0.159. The Balaban J connectivity index is 3.47. The fourth-order valence-corrected chi connectivity index (χ4v) is 1.22. The quantitative estimate of drug-likeness (QED) is 0.639. The van der Waals surface area contributed by atoms with Gasteiger partial charge in [-0.15, -0.1) is 0 Å². The van der Waals surface area contributed by atoms with Gasteiger partial charge in [-0.3, -0.25) is 0 Å². The number of hydrogen-bond donors (Lipinski definition) is 2. The Labute approximate surface area is 93.8 Å². The number of ether oxygens (including phenoxy) is 1. The Morgan fingerprint density at radius 2 is 1.81 bits per heavy atom. The Kier molecular flexibility index (Phi) is 6.94. The van der Waals surface area contributed by atoms with Crippen LogP contribution < -0.4 is 5.73 Å².